The molecule has 2 amide bonds. The largest absolute Gasteiger partial charge is 0.346 e. The van der Waals surface area contributed by atoms with Crippen LogP contribution < -0.4 is 5.73 Å². The van der Waals surface area contributed by atoms with Crippen molar-refractivity contribution in [3.8, 4) is 0 Å². The summed E-state index contributed by atoms with van der Waals surface area (Å²) in [6.45, 7) is 6.31. The van der Waals surface area contributed by atoms with Gasteiger partial charge in [-0.25, -0.2) is 0 Å². The van der Waals surface area contributed by atoms with E-state index in [0.29, 0.717) is 13.1 Å². The quantitative estimate of drug-likeness (QED) is 0.776. The zero-order valence-electron chi connectivity index (χ0n) is 13.8. The molecule has 1 atom stereocenters. The first-order valence-electron chi connectivity index (χ1n) is 8.30. The Balaban J connectivity index is 2.41. The first-order valence-corrected chi connectivity index (χ1v) is 8.30. The number of carbonyl (C=O) groups is 2. The number of likely N-dealkylation sites (tertiary alicyclic amines) is 1. The van der Waals surface area contributed by atoms with Crippen molar-refractivity contribution in [3.05, 3.63) is 0 Å². The standard InChI is InChI=1S/C16H31N3O2/c1-4-6-10-18(3)15(20)13-8-11-19(12-9-13)16(21)14(17)7-5-2/h13-14H,4-12,17H2,1-3H3. The van der Waals surface area contributed by atoms with Crippen LogP contribution in [-0.4, -0.2) is 54.3 Å². The molecule has 5 nitrogen and oxygen atoms in total. The average molecular weight is 297 g/mol. The highest BCUT2D eigenvalue weighted by molar-refractivity contribution is 5.82. The van der Waals surface area contributed by atoms with Gasteiger partial charge in [0.1, 0.15) is 0 Å². The molecule has 0 spiro atoms. The van der Waals surface area contributed by atoms with Gasteiger partial charge in [-0.3, -0.25) is 9.59 Å². The van der Waals surface area contributed by atoms with Gasteiger partial charge < -0.3 is 15.5 Å². The molecule has 1 unspecified atom stereocenters. The van der Waals surface area contributed by atoms with Crippen molar-refractivity contribution >= 4 is 11.8 Å². The van der Waals surface area contributed by atoms with E-state index in [2.05, 4.69) is 6.92 Å². The Labute approximate surface area is 128 Å². The second kappa shape index (κ2) is 9.03. The molecule has 122 valence electrons. The Hall–Kier alpha value is -1.10. The molecular formula is C16H31N3O2. The highest BCUT2D eigenvalue weighted by Crippen LogP contribution is 2.20. The van der Waals surface area contributed by atoms with Gasteiger partial charge >= 0.3 is 0 Å². The van der Waals surface area contributed by atoms with Gasteiger partial charge in [-0.15, -0.1) is 0 Å². The van der Waals surface area contributed by atoms with Crippen LogP contribution in [0.25, 0.3) is 0 Å². The van der Waals surface area contributed by atoms with Crippen molar-refractivity contribution < 1.29 is 9.59 Å². The molecule has 0 aromatic carbocycles. The van der Waals surface area contributed by atoms with Crippen LogP contribution in [0.5, 0.6) is 0 Å². The molecular weight excluding hydrogens is 266 g/mol. The number of unbranched alkanes of at least 4 members (excludes halogenated alkanes) is 1. The summed E-state index contributed by atoms with van der Waals surface area (Å²) in [6, 6.07) is -0.380. The van der Waals surface area contributed by atoms with Crippen LogP contribution >= 0.6 is 0 Å². The third kappa shape index (κ3) is 5.30. The molecule has 0 aromatic rings. The summed E-state index contributed by atoms with van der Waals surface area (Å²) in [5.41, 5.74) is 5.89. The normalized spacial score (nSPS) is 17.6. The van der Waals surface area contributed by atoms with E-state index >= 15 is 0 Å². The molecule has 1 saturated heterocycles. The Morgan fingerprint density at radius 2 is 1.86 bits per heavy atom. The second-order valence-corrected chi connectivity index (χ2v) is 6.11. The number of piperidine rings is 1. The Morgan fingerprint density at radius 1 is 1.24 bits per heavy atom. The van der Waals surface area contributed by atoms with Crippen molar-refractivity contribution in [1.82, 2.24) is 9.80 Å². The minimum atomic E-state index is -0.380. The van der Waals surface area contributed by atoms with Gasteiger partial charge in [0.05, 0.1) is 6.04 Å². The van der Waals surface area contributed by atoms with E-state index in [0.717, 1.165) is 45.1 Å². The van der Waals surface area contributed by atoms with E-state index in [1.165, 1.54) is 0 Å². The fraction of sp³-hybridized carbons (Fsp3) is 0.875. The number of nitrogens with zero attached hydrogens (tertiary/aromatic N) is 2. The van der Waals surface area contributed by atoms with Crippen molar-refractivity contribution in [2.45, 2.75) is 58.4 Å². The third-order valence-corrected chi connectivity index (χ3v) is 4.30. The lowest BCUT2D eigenvalue weighted by molar-refractivity contribution is -0.140. The Bertz CT molecular complexity index is 338. The molecule has 1 fully saturated rings. The molecule has 21 heavy (non-hydrogen) atoms. The second-order valence-electron chi connectivity index (χ2n) is 6.11. The van der Waals surface area contributed by atoms with Crippen LogP contribution in [0.3, 0.4) is 0 Å². The summed E-state index contributed by atoms with van der Waals surface area (Å²) in [5, 5.41) is 0. The summed E-state index contributed by atoms with van der Waals surface area (Å²) in [4.78, 5) is 28.1. The SMILES string of the molecule is CCCCN(C)C(=O)C1CCN(C(=O)C(N)CCC)CC1. The Kier molecular flexibility index (Phi) is 7.72. The molecule has 0 aromatic heterocycles. The van der Waals surface area contributed by atoms with Gasteiger partial charge in [0, 0.05) is 32.6 Å². The van der Waals surface area contributed by atoms with Crippen LogP contribution in [-0.2, 0) is 9.59 Å². The van der Waals surface area contributed by atoms with Crippen molar-refractivity contribution in [2.75, 3.05) is 26.7 Å². The summed E-state index contributed by atoms with van der Waals surface area (Å²) < 4.78 is 0. The first-order chi connectivity index (χ1) is 10.0. The van der Waals surface area contributed by atoms with Gasteiger partial charge in [0.2, 0.25) is 11.8 Å². The number of nitrogens with two attached hydrogens (primary N) is 1. The third-order valence-electron chi connectivity index (χ3n) is 4.30. The van der Waals surface area contributed by atoms with E-state index in [-0.39, 0.29) is 23.8 Å². The van der Waals surface area contributed by atoms with Crippen LogP contribution in [0.1, 0.15) is 52.4 Å². The van der Waals surface area contributed by atoms with Crippen LogP contribution in [0, 0.1) is 5.92 Å². The lowest BCUT2D eigenvalue weighted by atomic mass is 9.94. The minimum Gasteiger partial charge on any atom is -0.346 e. The van der Waals surface area contributed by atoms with E-state index in [1.807, 2.05) is 23.8 Å². The molecule has 0 radical (unpaired) electrons. The highest BCUT2D eigenvalue weighted by Gasteiger charge is 2.30. The predicted molar refractivity (Wildman–Crippen MR) is 84.7 cm³/mol. The molecule has 1 heterocycles. The molecule has 5 heteroatoms. The van der Waals surface area contributed by atoms with Gasteiger partial charge in [-0.1, -0.05) is 26.7 Å². The van der Waals surface area contributed by atoms with Gasteiger partial charge in [-0.2, -0.15) is 0 Å². The summed E-state index contributed by atoms with van der Waals surface area (Å²) in [7, 11) is 1.88. The van der Waals surface area contributed by atoms with Crippen molar-refractivity contribution in [3.63, 3.8) is 0 Å². The zero-order valence-corrected chi connectivity index (χ0v) is 13.8. The first kappa shape index (κ1) is 18.0. The van der Waals surface area contributed by atoms with Crippen molar-refractivity contribution in [1.29, 1.82) is 0 Å². The molecule has 0 bridgehead atoms. The minimum absolute atomic E-state index is 0.0436. The maximum Gasteiger partial charge on any atom is 0.239 e. The molecule has 0 saturated carbocycles. The van der Waals surface area contributed by atoms with Crippen LogP contribution in [0.15, 0.2) is 0 Å². The van der Waals surface area contributed by atoms with E-state index < -0.39 is 0 Å². The number of amides is 2. The molecule has 0 aliphatic carbocycles. The van der Waals surface area contributed by atoms with Crippen molar-refractivity contribution in [2.24, 2.45) is 11.7 Å². The average Bonchev–Trinajstić information content (AvgIpc) is 2.51. The molecule has 2 N–H and O–H groups in total. The highest BCUT2D eigenvalue weighted by atomic mass is 16.2. The number of hydrogen-bond donors (Lipinski definition) is 1. The molecule has 1 aliphatic rings. The number of carbonyl (C=O) groups excluding carboxylic acids is 2. The zero-order chi connectivity index (χ0) is 15.8. The lowest BCUT2D eigenvalue weighted by Gasteiger charge is -2.34. The van der Waals surface area contributed by atoms with Gasteiger partial charge in [0.15, 0.2) is 0 Å². The fourth-order valence-electron chi connectivity index (χ4n) is 2.83. The van der Waals surface area contributed by atoms with Crippen LogP contribution in [0.2, 0.25) is 0 Å². The van der Waals surface area contributed by atoms with E-state index in [4.69, 9.17) is 5.73 Å². The Morgan fingerprint density at radius 3 is 2.38 bits per heavy atom. The monoisotopic (exact) mass is 297 g/mol. The summed E-state index contributed by atoms with van der Waals surface area (Å²) in [5.74, 6) is 0.341. The van der Waals surface area contributed by atoms with E-state index in [9.17, 15) is 9.59 Å². The predicted octanol–water partition coefficient (Wildman–Crippen LogP) is 1.61. The maximum absolute atomic E-state index is 12.3. The smallest absolute Gasteiger partial charge is 0.239 e. The fourth-order valence-corrected chi connectivity index (χ4v) is 2.83. The summed E-state index contributed by atoms with van der Waals surface area (Å²) >= 11 is 0. The molecule has 1 aliphatic heterocycles. The lowest BCUT2D eigenvalue weighted by Crippen LogP contribution is -2.49. The van der Waals surface area contributed by atoms with Gasteiger partial charge in [-0.05, 0) is 25.7 Å². The maximum atomic E-state index is 12.3. The number of hydrogen-bond acceptors (Lipinski definition) is 3. The topological polar surface area (TPSA) is 66.6 Å². The summed E-state index contributed by atoms with van der Waals surface area (Å²) in [6.07, 6.45) is 5.33. The van der Waals surface area contributed by atoms with E-state index in [1.54, 1.807) is 0 Å². The van der Waals surface area contributed by atoms with Crippen LogP contribution in [0.4, 0.5) is 0 Å². The van der Waals surface area contributed by atoms with Gasteiger partial charge in [0.25, 0.3) is 0 Å². The number of rotatable bonds is 7. The molecule has 1 rings (SSSR count).